The van der Waals surface area contributed by atoms with E-state index in [9.17, 15) is 9.59 Å². The summed E-state index contributed by atoms with van der Waals surface area (Å²) in [5.74, 6) is -0.535. The molecule has 0 spiro atoms. The Labute approximate surface area is 294 Å². The zero-order chi connectivity index (χ0) is 35.0. The third-order valence-corrected chi connectivity index (χ3v) is 11.3. The van der Waals surface area contributed by atoms with Gasteiger partial charge in [0.05, 0.1) is 27.7 Å². The summed E-state index contributed by atoms with van der Waals surface area (Å²) in [5.41, 5.74) is 1.36. The van der Waals surface area contributed by atoms with Gasteiger partial charge in [-0.2, -0.15) is 9.61 Å². The number of aromatic nitrogens is 7. The Morgan fingerprint density at radius 2 is 1.59 bits per heavy atom. The largest absolute Gasteiger partial charge is 0.367 e. The van der Waals surface area contributed by atoms with E-state index < -0.39 is 17.1 Å². The monoisotopic (exact) mass is 713 g/mol. The van der Waals surface area contributed by atoms with E-state index in [1.165, 1.54) is 16.6 Å². The Hall–Kier alpha value is -4.80. The van der Waals surface area contributed by atoms with Crippen LogP contribution in [0.2, 0.25) is 0 Å². The molecule has 1 aromatic carbocycles. The summed E-state index contributed by atoms with van der Waals surface area (Å²) in [4.78, 5) is 39.3. The quantitative estimate of drug-likeness (QED) is 0.262. The Balaban J connectivity index is 1.13. The lowest BCUT2D eigenvalue weighted by molar-refractivity contribution is 0.270. The SMILES string of the molecule is CCN1CCN(c2cc3c(cc2F)c(=O)c(-c2nnc4sc(-c5cn(CC)c6nc(N7CCNCC7)c(F)cc6c5=O)nn24)cn3C2CC2)CC1. The predicted molar refractivity (Wildman–Crippen MR) is 194 cm³/mol. The van der Waals surface area contributed by atoms with E-state index in [4.69, 9.17) is 5.10 Å². The van der Waals surface area contributed by atoms with Crippen LogP contribution in [-0.2, 0) is 6.54 Å². The molecule has 1 N–H and O–H groups in total. The van der Waals surface area contributed by atoms with Crippen molar-refractivity contribution in [3.8, 4) is 22.0 Å². The van der Waals surface area contributed by atoms with Crippen molar-refractivity contribution in [2.75, 3.05) is 68.7 Å². The minimum atomic E-state index is -0.549. The highest BCUT2D eigenvalue weighted by Gasteiger charge is 2.30. The number of likely N-dealkylation sites (N-methyl/N-ethyl adjacent to an activating group) is 1. The van der Waals surface area contributed by atoms with Gasteiger partial charge < -0.3 is 29.2 Å². The molecule has 3 aliphatic rings. The summed E-state index contributed by atoms with van der Waals surface area (Å²) >= 11 is 1.15. The Morgan fingerprint density at radius 1 is 0.843 bits per heavy atom. The fourth-order valence-electron chi connectivity index (χ4n) is 7.38. The van der Waals surface area contributed by atoms with Crippen LogP contribution in [0, 0.1) is 11.6 Å². The highest BCUT2D eigenvalue weighted by molar-refractivity contribution is 7.19. The molecule has 0 atom stereocenters. The van der Waals surface area contributed by atoms with Crippen molar-refractivity contribution in [2.45, 2.75) is 39.3 Å². The molecule has 0 amide bonds. The smallest absolute Gasteiger partial charge is 0.235 e. The van der Waals surface area contributed by atoms with Gasteiger partial charge in [-0.25, -0.2) is 13.8 Å². The third kappa shape index (κ3) is 5.38. The molecule has 13 nitrogen and oxygen atoms in total. The third-order valence-electron chi connectivity index (χ3n) is 10.4. The summed E-state index contributed by atoms with van der Waals surface area (Å²) in [7, 11) is 0. The lowest BCUT2D eigenvalue weighted by atomic mass is 10.1. The molecule has 6 aromatic rings. The first-order chi connectivity index (χ1) is 24.8. The average Bonchev–Trinajstić information content (AvgIpc) is 3.80. The van der Waals surface area contributed by atoms with E-state index in [1.54, 1.807) is 12.4 Å². The van der Waals surface area contributed by atoms with Crippen LogP contribution in [0.3, 0.4) is 0 Å². The van der Waals surface area contributed by atoms with Crippen LogP contribution in [0.5, 0.6) is 0 Å². The first kappa shape index (κ1) is 32.1. The van der Waals surface area contributed by atoms with Gasteiger partial charge in [-0.3, -0.25) is 9.59 Å². The number of benzene rings is 1. The molecule has 2 saturated heterocycles. The number of fused-ring (bicyclic) bond motifs is 3. The van der Waals surface area contributed by atoms with Gasteiger partial charge in [0.2, 0.25) is 15.8 Å². The summed E-state index contributed by atoms with van der Waals surface area (Å²) in [6.07, 6.45) is 5.39. The molecule has 1 saturated carbocycles. The Morgan fingerprint density at radius 3 is 2.31 bits per heavy atom. The molecule has 5 aromatic heterocycles. The molecular formula is C35H37F2N11O2S. The number of nitrogens with zero attached hydrogens (tertiary/aromatic N) is 10. The summed E-state index contributed by atoms with van der Waals surface area (Å²) in [6.45, 7) is 11.4. The molecule has 16 heteroatoms. The van der Waals surface area contributed by atoms with Crippen LogP contribution in [0.4, 0.5) is 20.3 Å². The maximum atomic E-state index is 15.8. The number of hydrogen-bond donors (Lipinski definition) is 1. The molecule has 0 bridgehead atoms. The number of anilines is 2. The number of piperazine rings is 2. The molecule has 264 valence electrons. The van der Waals surface area contributed by atoms with Crippen LogP contribution in [0.25, 0.3) is 48.9 Å². The molecule has 1 aliphatic carbocycles. The number of pyridine rings is 3. The van der Waals surface area contributed by atoms with E-state index in [1.807, 2.05) is 22.5 Å². The van der Waals surface area contributed by atoms with E-state index in [2.05, 4.69) is 41.8 Å². The van der Waals surface area contributed by atoms with Crippen LogP contribution >= 0.6 is 11.3 Å². The van der Waals surface area contributed by atoms with Crippen molar-refractivity contribution in [3.05, 3.63) is 62.7 Å². The molecule has 0 radical (unpaired) electrons. The second kappa shape index (κ2) is 12.5. The maximum Gasteiger partial charge on any atom is 0.235 e. The highest BCUT2D eigenvalue weighted by atomic mass is 32.1. The minimum Gasteiger partial charge on any atom is -0.367 e. The molecule has 0 unspecified atom stereocenters. The number of halogens is 2. The van der Waals surface area contributed by atoms with Crippen molar-refractivity contribution in [1.82, 2.24) is 44.1 Å². The van der Waals surface area contributed by atoms with Crippen molar-refractivity contribution in [2.24, 2.45) is 0 Å². The van der Waals surface area contributed by atoms with Gasteiger partial charge in [-0.1, -0.05) is 18.3 Å². The molecule has 9 rings (SSSR count). The molecule has 3 fully saturated rings. The van der Waals surface area contributed by atoms with Crippen LogP contribution in [0.15, 0.2) is 40.2 Å². The lowest BCUT2D eigenvalue weighted by Crippen LogP contribution is -2.46. The maximum absolute atomic E-state index is 15.8. The van der Waals surface area contributed by atoms with Crippen LogP contribution in [0.1, 0.15) is 32.7 Å². The summed E-state index contributed by atoms with van der Waals surface area (Å²) in [6, 6.07) is 4.63. The Bertz CT molecular complexity index is 2450. The van der Waals surface area contributed by atoms with Gasteiger partial charge in [-0.05, 0) is 44.5 Å². The second-order valence-corrected chi connectivity index (χ2v) is 14.4. The highest BCUT2D eigenvalue weighted by Crippen LogP contribution is 2.39. The van der Waals surface area contributed by atoms with Gasteiger partial charge in [0, 0.05) is 82.7 Å². The number of aryl methyl sites for hydroxylation is 1. The zero-order valence-corrected chi connectivity index (χ0v) is 29.2. The number of hydrogen-bond acceptors (Lipinski definition) is 11. The van der Waals surface area contributed by atoms with Gasteiger partial charge in [0.1, 0.15) is 11.5 Å². The van der Waals surface area contributed by atoms with Gasteiger partial charge in [-0.15, -0.1) is 10.2 Å². The van der Waals surface area contributed by atoms with E-state index in [0.717, 1.165) is 70.0 Å². The van der Waals surface area contributed by atoms with Gasteiger partial charge in [0.15, 0.2) is 22.5 Å². The normalized spacial score (nSPS) is 17.4. The van der Waals surface area contributed by atoms with Gasteiger partial charge >= 0.3 is 0 Å². The zero-order valence-electron chi connectivity index (χ0n) is 28.4. The standard InChI is InChI=1S/C35H37F2N11O2S/c1-3-43-11-13-45(14-12-43)28-17-27-21(15-25(28)36)29(49)23(19-47(27)20-5-6-20)32-40-41-35-48(32)42-34(51-35)24-18-44(4-2)31-22(30(24)50)16-26(37)33(39-31)46-9-7-38-8-10-46/h15-20,38H,3-14H2,1-2H3. The molecule has 7 heterocycles. The predicted octanol–water partition coefficient (Wildman–Crippen LogP) is 3.73. The van der Waals surface area contributed by atoms with Crippen molar-refractivity contribution in [1.29, 1.82) is 0 Å². The topological polar surface area (TPSA) is 122 Å². The molecular weight excluding hydrogens is 677 g/mol. The summed E-state index contributed by atoms with van der Waals surface area (Å²) < 4.78 is 36.6. The van der Waals surface area contributed by atoms with E-state index in [0.29, 0.717) is 46.5 Å². The fourth-order valence-corrected chi connectivity index (χ4v) is 8.23. The van der Waals surface area contributed by atoms with Gasteiger partial charge in [0.25, 0.3) is 0 Å². The van der Waals surface area contributed by atoms with E-state index >= 15 is 8.78 Å². The minimum absolute atomic E-state index is 0.160. The van der Waals surface area contributed by atoms with Crippen LogP contribution in [-0.4, -0.2) is 97.7 Å². The fraction of sp³-hybridized carbons (Fsp3) is 0.429. The first-order valence-corrected chi connectivity index (χ1v) is 18.4. The number of nitrogens with one attached hydrogen (secondary N) is 1. The average molecular weight is 714 g/mol. The second-order valence-electron chi connectivity index (χ2n) is 13.4. The summed E-state index contributed by atoms with van der Waals surface area (Å²) in [5, 5.41) is 17.4. The van der Waals surface area contributed by atoms with E-state index in [-0.39, 0.29) is 45.0 Å². The lowest BCUT2D eigenvalue weighted by Gasteiger charge is -2.35. The Kier molecular flexibility index (Phi) is 7.85. The van der Waals surface area contributed by atoms with Crippen LogP contribution < -0.4 is 26.0 Å². The van der Waals surface area contributed by atoms with Crippen molar-refractivity contribution >= 4 is 49.7 Å². The molecule has 2 aliphatic heterocycles. The first-order valence-electron chi connectivity index (χ1n) is 17.6. The van der Waals surface area contributed by atoms with Crippen molar-refractivity contribution in [3.63, 3.8) is 0 Å². The molecule has 51 heavy (non-hydrogen) atoms. The number of rotatable bonds is 7. The van der Waals surface area contributed by atoms with Crippen molar-refractivity contribution < 1.29 is 8.78 Å².